The second kappa shape index (κ2) is 9.62. The smallest absolute Gasteiger partial charge is 0.243 e. The highest BCUT2D eigenvalue weighted by atomic mass is 32.2. The molecule has 2 atom stereocenters. The fraction of sp³-hybridized carbons (Fsp3) is 0.500. The summed E-state index contributed by atoms with van der Waals surface area (Å²) in [6.07, 6.45) is 5.15. The molecule has 1 aliphatic carbocycles. The van der Waals surface area contributed by atoms with Gasteiger partial charge in [0.05, 0.1) is 36.5 Å². The van der Waals surface area contributed by atoms with Gasteiger partial charge < -0.3 is 25.1 Å². The second-order valence-electron chi connectivity index (χ2n) is 9.14. The number of fused-ring (bicyclic) bond motifs is 1. The number of ether oxygens (including phenoxy) is 2. The lowest BCUT2D eigenvalue weighted by Crippen LogP contribution is -2.44. The summed E-state index contributed by atoms with van der Waals surface area (Å²) < 4.78 is 38.5. The molecule has 3 N–H and O–H groups in total. The van der Waals surface area contributed by atoms with E-state index in [-0.39, 0.29) is 16.9 Å². The highest BCUT2D eigenvalue weighted by molar-refractivity contribution is 7.89. The second-order valence-corrected chi connectivity index (χ2v) is 11.1. The number of hydrogen-bond acceptors (Lipinski definition) is 8. The van der Waals surface area contributed by atoms with Crippen molar-refractivity contribution in [3.05, 3.63) is 35.5 Å². The van der Waals surface area contributed by atoms with Crippen molar-refractivity contribution in [3.63, 3.8) is 0 Å². The molecule has 11 heteroatoms. The number of nitrogens with one attached hydrogen (secondary N) is 3. The lowest BCUT2D eigenvalue weighted by atomic mass is 9.85. The predicted octanol–water partition coefficient (Wildman–Crippen LogP) is 2.89. The average molecular weight is 499 g/mol. The van der Waals surface area contributed by atoms with Gasteiger partial charge in [0.15, 0.2) is 0 Å². The first-order chi connectivity index (χ1) is 16.9. The molecule has 186 valence electrons. The van der Waals surface area contributed by atoms with Gasteiger partial charge in [-0.15, -0.1) is 0 Å². The molecule has 0 radical (unpaired) electrons. The van der Waals surface area contributed by atoms with Gasteiger partial charge in [-0.25, -0.2) is 13.4 Å². The van der Waals surface area contributed by atoms with Crippen molar-refractivity contribution in [2.45, 2.75) is 43.2 Å². The zero-order valence-electron chi connectivity index (χ0n) is 19.9. The minimum Gasteiger partial charge on any atom is -0.495 e. The number of anilines is 1. The number of aromatic amines is 1. The van der Waals surface area contributed by atoms with E-state index in [1.165, 1.54) is 17.8 Å². The molecule has 35 heavy (non-hydrogen) atoms. The van der Waals surface area contributed by atoms with Crippen LogP contribution in [0.2, 0.25) is 0 Å². The maximum atomic E-state index is 13.1. The number of nitriles is 1. The van der Waals surface area contributed by atoms with Crippen molar-refractivity contribution in [1.29, 1.82) is 5.26 Å². The first-order valence-electron chi connectivity index (χ1n) is 11.9. The molecule has 0 amide bonds. The first-order valence-corrected chi connectivity index (χ1v) is 13.4. The summed E-state index contributed by atoms with van der Waals surface area (Å²) >= 11 is 0. The normalized spacial score (nSPS) is 23.1. The topological polar surface area (TPSA) is 132 Å². The summed E-state index contributed by atoms with van der Waals surface area (Å²) in [7, 11) is -2.13. The standard InChI is InChI=1S/C24H30N6O4S/c1-15-22(27-17-4-3-5-17)21-16(13-25)14-26-24(21)29-23(15)28-19-7-6-18(12-20(19)33-2)35(31,32)30-8-10-34-11-9-30/h6-7,12,14-15,17,22,26-27H,3-5,8-11H2,1-2H3,(H,28,29). The third-order valence-electron chi connectivity index (χ3n) is 7.06. The summed E-state index contributed by atoms with van der Waals surface area (Å²) in [5.41, 5.74) is 2.12. The molecule has 2 unspecified atom stereocenters. The molecule has 2 aromatic rings. The van der Waals surface area contributed by atoms with Gasteiger partial charge in [0.1, 0.15) is 23.5 Å². The van der Waals surface area contributed by atoms with Crippen molar-refractivity contribution < 1.29 is 17.9 Å². The molecule has 2 aliphatic heterocycles. The number of morpholine rings is 1. The molecule has 1 aromatic heterocycles. The minimum absolute atomic E-state index is 0.0486. The number of benzene rings is 1. The number of nitrogens with zero attached hydrogens (tertiary/aromatic N) is 3. The van der Waals surface area contributed by atoms with Crippen LogP contribution in [0.5, 0.6) is 5.75 Å². The van der Waals surface area contributed by atoms with Crippen LogP contribution < -0.4 is 15.4 Å². The van der Waals surface area contributed by atoms with Crippen LogP contribution in [0.3, 0.4) is 0 Å². The number of hydrogen-bond donors (Lipinski definition) is 3. The Balaban J connectivity index is 1.44. The van der Waals surface area contributed by atoms with E-state index in [1.807, 2.05) is 0 Å². The van der Waals surface area contributed by atoms with Gasteiger partial charge in [-0.3, -0.25) is 0 Å². The first kappa shape index (κ1) is 23.8. The Labute approximate surface area is 205 Å². The van der Waals surface area contributed by atoms with Crippen molar-refractivity contribution in [3.8, 4) is 11.8 Å². The van der Waals surface area contributed by atoms with Crippen LogP contribution in [-0.4, -0.2) is 63.0 Å². The molecular weight excluding hydrogens is 468 g/mol. The Morgan fingerprint density at radius 2 is 2.06 bits per heavy atom. The zero-order chi connectivity index (χ0) is 24.6. The molecule has 1 aromatic carbocycles. The molecular formula is C24H30N6O4S. The Morgan fingerprint density at radius 3 is 2.71 bits per heavy atom. The number of sulfonamides is 1. The van der Waals surface area contributed by atoms with Crippen LogP contribution in [0, 0.1) is 17.2 Å². The largest absolute Gasteiger partial charge is 0.495 e. The van der Waals surface area contributed by atoms with E-state index in [0.29, 0.717) is 61.0 Å². The Hall–Kier alpha value is -2.91. The molecule has 0 spiro atoms. The van der Waals surface area contributed by atoms with Crippen molar-refractivity contribution in [2.24, 2.45) is 10.9 Å². The Morgan fingerprint density at radius 1 is 1.29 bits per heavy atom. The van der Waals surface area contributed by atoms with E-state index < -0.39 is 10.0 Å². The number of aromatic nitrogens is 1. The van der Waals surface area contributed by atoms with Crippen LogP contribution >= 0.6 is 0 Å². The monoisotopic (exact) mass is 498 g/mol. The van der Waals surface area contributed by atoms with Gasteiger partial charge in [-0.1, -0.05) is 13.3 Å². The Kier molecular flexibility index (Phi) is 6.55. The summed E-state index contributed by atoms with van der Waals surface area (Å²) in [4.78, 5) is 8.08. The van der Waals surface area contributed by atoms with Crippen LogP contribution in [0.1, 0.15) is 43.4 Å². The summed E-state index contributed by atoms with van der Waals surface area (Å²) in [6.45, 7) is 3.51. The molecule has 3 aliphatic rings. The van der Waals surface area contributed by atoms with E-state index in [2.05, 4.69) is 28.6 Å². The van der Waals surface area contributed by atoms with E-state index in [4.69, 9.17) is 14.5 Å². The zero-order valence-corrected chi connectivity index (χ0v) is 20.7. The summed E-state index contributed by atoms with van der Waals surface area (Å²) in [6, 6.07) is 7.47. The van der Waals surface area contributed by atoms with Gasteiger partial charge in [0.2, 0.25) is 10.0 Å². The number of rotatable bonds is 6. The van der Waals surface area contributed by atoms with Crippen LogP contribution in [0.15, 0.2) is 34.3 Å². The minimum atomic E-state index is -3.64. The van der Waals surface area contributed by atoms with Gasteiger partial charge in [-0.2, -0.15) is 9.57 Å². The van der Waals surface area contributed by atoms with Crippen LogP contribution in [-0.2, 0) is 14.8 Å². The van der Waals surface area contributed by atoms with E-state index >= 15 is 0 Å². The fourth-order valence-corrected chi connectivity index (χ4v) is 6.19. The average Bonchev–Trinajstić information content (AvgIpc) is 3.26. The number of amidine groups is 1. The molecule has 10 nitrogen and oxygen atoms in total. The molecule has 1 saturated heterocycles. The summed E-state index contributed by atoms with van der Waals surface area (Å²) in [5.74, 6) is 1.73. The maximum Gasteiger partial charge on any atom is 0.243 e. The van der Waals surface area contributed by atoms with Gasteiger partial charge >= 0.3 is 0 Å². The van der Waals surface area contributed by atoms with Crippen LogP contribution in [0.4, 0.5) is 11.5 Å². The maximum absolute atomic E-state index is 13.1. The molecule has 1 saturated carbocycles. The van der Waals surface area contributed by atoms with Crippen molar-refractivity contribution in [2.75, 3.05) is 38.7 Å². The SMILES string of the molecule is COc1cc(S(=O)(=O)N2CCOCC2)ccc1NC1=Nc2[nH]cc(C#N)c2C(NC2CCC2)C1C. The highest BCUT2D eigenvalue weighted by Crippen LogP contribution is 2.40. The van der Waals surface area contributed by atoms with Crippen molar-refractivity contribution in [1.82, 2.24) is 14.6 Å². The van der Waals surface area contributed by atoms with E-state index in [9.17, 15) is 13.7 Å². The highest BCUT2D eigenvalue weighted by Gasteiger charge is 2.36. The third-order valence-corrected chi connectivity index (χ3v) is 8.95. The molecule has 0 bridgehead atoms. The number of methoxy groups -OCH3 is 1. The van der Waals surface area contributed by atoms with E-state index in [1.54, 1.807) is 24.4 Å². The molecule has 3 heterocycles. The third kappa shape index (κ3) is 4.43. The van der Waals surface area contributed by atoms with Crippen molar-refractivity contribution >= 4 is 27.4 Å². The molecule has 5 rings (SSSR count). The van der Waals surface area contributed by atoms with E-state index in [0.717, 1.165) is 18.4 Å². The predicted molar refractivity (Wildman–Crippen MR) is 131 cm³/mol. The summed E-state index contributed by atoms with van der Waals surface area (Å²) in [5, 5.41) is 16.7. The lowest BCUT2D eigenvalue weighted by Gasteiger charge is -2.37. The number of H-pyrrole nitrogens is 1. The fourth-order valence-electron chi connectivity index (χ4n) is 4.76. The lowest BCUT2D eigenvalue weighted by molar-refractivity contribution is 0.0730. The van der Waals surface area contributed by atoms with Crippen LogP contribution in [0.25, 0.3) is 0 Å². The Bertz CT molecular complexity index is 1270. The molecule has 2 fully saturated rings. The number of aliphatic imine (C=N–C) groups is 1. The van der Waals surface area contributed by atoms with Gasteiger partial charge in [0, 0.05) is 48.9 Å². The van der Waals surface area contributed by atoms with Gasteiger partial charge in [-0.05, 0) is 25.0 Å². The quantitative estimate of drug-likeness (QED) is 0.558. The van der Waals surface area contributed by atoms with Gasteiger partial charge in [0.25, 0.3) is 0 Å².